The van der Waals surface area contributed by atoms with Crippen molar-refractivity contribution in [2.24, 2.45) is 0 Å². The minimum absolute atomic E-state index is 0.0298. The zero-order valence-electron chi connectivity index (χ0n) is 12.9. The highest BCUT2D eigenvalue weighted by molar-refractivity contribution is 7.07. The highest BCUT2D eigenvalue weighted by atomic mass is 32.1. The van der Waals surface area contributed by atoms with E-state index in [-0.39, 0.29) is 5.54 Å². The lowest BCUT2D eigenvalue weighted by atomic mass is 9.91. The van der Waals surface area contributed by atoms with Gasteiger partial charge in [0.1, 0.15) is 0 Å². The molecule has 112 valence electrons. The number of hydrogen-bond donors (Lipinski definition) is 1. The Labute approximate surface area is 131 Å². The normalized spacial score (nSPS) is 27.4. The Kier molecular flexibility index (Phi) is 4.43. The van der Waals surface area contributed by atoms with Crippen molar-refractivity contribution >= 4 is 11.3 Å². The maximum atomic E-state index is 3.78. The van der Waals surface area contributed by atoms with E-state index in [1.165, 1.54) is 17.5 Å². The van der Waals surface area contributed by atoms with Crippen LogP contribution in [0.1, 0.15) is 31.4 Å². The van der Waals surface area contributed by atoms with Gasteiger partial charge >= 0.3 is 0 Å². The number of thiophene rings is 1. The molecule has 1 aliphatic rings. The van der Waals surface area contributed by atoms with Gasteiger partial charge in [-0.1, -0.05) is 30.3 Å². The summed E-state index contributed by atoms with van der Waals surface area (Å²) in [5, 5.41) is 8.22. The quantitative estimate of drug-likeness (QED) is 0.926. The predicted octanol–water partition coefficient (Wildman–Crippen LogP) is 3.85. The molecule has 0 radical (unpaired) electrons. The van der Waals surface area contributed by atoms with Crippen molar-refractivity contribution in [3.63, 3.8) is 0 Å². The van der Waals surface area contributed by atoms with Crippen molar-refractivity contribution in [1.82, 2.24) is 10.2 Å². The average molecular weight is 300 g/mol. The van der Waals surface area contributed by atoms with Crippen molar-refractivity contribution < 1.29 is 0 Å². The Morgan fingerprint density at radius 2 is 2.10 bits per heavy atom. The lowest BCUT2D eigenvalue weighted by Crippen LogP contribution is -2.47. The van der Waals surface area contributed by atoms with E-state index in [0.717, 1.165) is 19.6 Å². The molecule has 3 heteroatoms. The zero-order chi connectivity index (χ0) is 14.7. The predicted molar refractivity (Wildman–Crippen MR) is 90.6 cm³/mol. The zero-order valence-corrected chi connectivity index (χ0v) is 13.7. The van der Waals surface area contributed by atoms with E-state index in [2.05, 4.69) is 71.2 Å². The Morgan fingerprint density at radius 1 is 1.29 bits per heavy atom. The summed E-state index contributed by atoms with van der Waals surface area (Å²) in [4.78, 5) is 2.62. The van der Waals surface area contributed by atoms with E-state index in [9.17, 15) is 0 Å². The number of nitrogens with one attached hydrogen (secondary N) is 1. The van der Waals surface area contributed by atoms with Gasteiger partial charge in [0.2, 0.25) is 0 Å². The molecule has 1 fully saturated rings. The first-order valence-electron chi connectivity index (χ1n) is 7.73. The molecular weight excluding hydrogens is 276 g/mol. The smallest absolute Gasteiger partial charge is 0.0535 e. The van der Waals surface area contributed by atoms with Crippen LogP contribution in [0, 0.1) is 0 Å². The van der Waals surface area contributed by atoms with Crippen LogP contribution in [0.5, 0.6) is 0 Å². The minimum Gasteiger partial charge on any atom is -0.306 e. The standard InChI is InChI=1S/C18H24N2S/c1-15-8-10-19-18(2,17-6-4-3-5-7-17)14-20(15)12-16-9-11-21-13-16/h3-7,9,11,13,15,19H,8,10,12,14H2,1-2H3. The van der Waals surface area contributed by atoms with Gasteiger partial charge in [-0.2, -0.15) is 11.3 Å². The maximum absolute atomic E-state index is 3.78. The first kappa shape index (κ1) is 14.8. The molecule has 2 atom stereocenters. The molecule has 2 aromatic rings. The first-order valence-corrected chi connectivity index (χ1v) is 8.67. The fourth-order valence-electron chi connectivity index (χ4n) is 3.19. The van der Waals surface area contributed by atoms with Crippen molar-refractivity contribution in [3.8, 4) is 0 Å². The van der Waals surface area contributed by atoms with Gasteiger partial charge in [0.15, 0.2) is 0 Å². The number of benzene rings is 1. The highest BCUT2D eigenvalue weighted by Crippen LogP contribution is 2.27. The van der Waals surface area contributed by atoms with Crippen LogP contribution in [-0.2, 0) is 12.1 Å². The molecule has 1 aliphatic heterocycles. The van der Waals surface area contributed by atoms with Crippen molar-refractivity contribution in [1.29, 1.82) is 0 Å². The first-order chi connectivity index (χ1) is 10.2. The second-order valence-electron chi connectivity index (χ2n) is 6.30. The van der Waals surface area contributed by atoms with Gasteiger partial charge in [-0.15, -0.1) is 0 Å². The molecule has 0 aliphatic carbocycles. The summed E-state index contributed by atoms with van der Waals surface area (Å²) >= 11 is 1.79. The Morgan fingerprint density at radius 3 is 2.81 bits per heavy atom. The maximum Gasteiger partial charge on any atom is 0.0535 e. The lowest BCUT2D eigenvalue weighted by molar-refractivity contribution is 0.166. The van der Waals surface area contributed by atoms with Crippen molar-refractivity contribution in [2.45, 2.75) is 38.4 Å². The third kappa shape index (κ3) is 3.37. The summed E-state index contributed by atoms with van der Waals surface area (Å²) in [6.45, 7) is 7.86. The van der Waals surface area contributed by atoms with Crippen LogP contribution in [0.2, 0.25) is 0 Å². The van der Waals surface area contributed by atoms with Crippen LogP contribution in [0.3, 0.4) is 0 Å². The molecule has 3 rings (SSSR count). The third-order valence-corrected chi connectivity index (χ3v) is 5.33. The molecule has 2 heterocycles. The summed E-state index contributed by atoms with van der Waals surface area (Å²) in [6.07, 6.45) is 1.20. The van der Waals surface area contributed by atoms with E-state index in [1.54, 1.807) is 11.3 Å². The van der Waals surface area contributed by atoms with Crippen LogP contribution in [0.4, 0.5) is 0 Å². The van der Waals surface area contributed by atoms with Gasteiger partial charge < -0.3 is 5.32 Å². The fourth-order valence-corrected chi connectivity index (χ4v) is 3.85. The monoisotopic (exact) mass is 300 g/mol. The summed E-state index contributed by atoms with van der Waals surface area (Å²) < 4.78 is 0. The Hall–Kier alpha value is -1.16. The van der Waals surface area contributed by atoms with Gasteiger partial charge in [0.25, 0.3) is 0 Å². The van der Waals surface area contributed by atoms with Crippen LogP contribution < -0.4 is 5.32 Å². The number of rotatable bonds is 3. The molecule has 2 nitrogen and oxygen atoms in total. The summed E-state index contributed by atoms with van der Waals surface area (Å²) in [6, 6.07) is 13.7. The lowest BCUT2D eigenvalue weighted by Gasteiger charge is -2.36. The van der Waals surface area contributed by atoms with Crippen LogP contribution >= 0.6 is 11.3 Å². The van der Waals surface area contributed by atoms with Crippen molar-refractivity contribution in [2.75, 3.05) is 13.1 Å². The number of hydrogen-bond acceptors (Lipinski definition) is 3. The molecule has 0 saturated carbocycles. The molecule has 1 saturated heterocycles. The van der Waals surface area contributed by atoms with Crippen LogP contribution in [0.15, 0.2) is 47.2 Å². The highest BCUT2D eigenvalue weighted by Gasteiger charge is 2.33. The van der Waals surface area contributed by atoms with Gasteiger partial charge in [-0.3, -0.25) is 4.90 Å². The van der Waals surface area contributed by atoms with E-state index in [4.69, 9.17) is 0 Å². The number of nitrogens with zero attached hydrogens (tertiary/aromatic N) is 1. The molecule has 1 aromatic carbocycles. The largest absolute Gasteiger partial charge is 0.306 e. The van der Waals surface area contributed by atoms with Crippen molar-refractivity contribution in [3.05, 3.63) is 58.3 Å². The second kappa shape index (κ2) is 6.30. The summed E-state index contributed by atoms with van der Waals surface area (Å²) in [7, 11) is 0. The molecule has 0 amide bonds. The van der Waals surface area contributed by atoms with Gasteiger partial charge in [0, 0.05) is 19.1 Å². The molecule has 0 bridgehead atoms. The van der Waals surface area contributed by atoms with Crippen LogP contribution in [-0.4, -0.2) is 24.0 Å². The van der Waals surface area contributed by atoms with Gasteiger partial charge in [-0.25, -0.2) is 0 Å². The minimum atomic E-state index is 0.0298. The van der Waals surface area contributed by atoms with Crippen LogP contribution in [0.25, 0.3) is 0 Å². The molecule has 1 N–H and O–H groups in total. The molecular formula is C18H24N2S. The van der Waals surface area contributed by atoms with E-state index < -0.39 is 0 Å². The van der Waals surface area contributed by atoms with Gasteiger partial charge in [-0.05, 0) is 54.8 Å². The molecule has 1 aromatic heterocycles. The third-order valence-electron chi connectivity index (χ3n) is 4.60. The molecule has 0 spiro atoms. The molecule has 21 heavy (non-hydrogen) atoms. The summed E-state index contributed by atoms with van der Waals surface area (Å²) in [5.74, 6) is 0. The van der Waals surface area contributed by atoms with E-state index >= 15 is 0 Å². The van der Waals surface area contributed by atoms with E-state index in [1.807, 2.05) is 0 Å². The SMILES string of the molecule is CC1CCNC(C)(c2ccccc2)CN1Cc1ccsc1. The van der Waals surface area contributed by atoms with Gasteiger partial charge in [0.05, 0.1) is 5.54 Å². The second-order valence-corrected chi connectivity index (χ2v) is 7.08. The fraction of sp³-hybridized carbons (Fsp3) is 0.444. The molecule has 2 unspecified atom stereocenters. The summed E-state index contributed by atoms with van der Waals surface area (Å²) in [5.41, 5.74) is 2.85. The Bertz CT molecular complexity index is 552. The topological polar surface area (TPSA) is 15.3 Å². The Balaban J connectivity index is 1.83. The average Bonchev–Trinajstić information content (AvgIpc) is 2.95. The van der Waals surface area contributed by atoms with E-state index in [0.29, 0.717) is 6.04 Å².